The third-order valence-corrected chi connectivity index (χ3v) is 4.15. The minimum atomic E-state index is -0.221. The molecule has 0 unspecified atom stereocenters. The highest BCUT2D eigenvalue weighted by Crippen LogP contribution is 2.24. The largest absolute Gasteiger partial charge is 0.490 e. The first-order valence-electron chi connectivity index (χ1n) is 9.91. The standard InChI is InChI=1S/C24H25N3O4/c1-18(28)26-20-9-7-8-19(16-20)25-17-24(29)27-22-12-5-6-13-23(22)31-15-14-30-21-10-3-2-4-11-21/h2-13,16,25H,14-15,17H2,1H3,(H,26,28)(H,27,29). The van der Waals surface area contributed by atoms with Crippen molar-refractivity contribution in [2.45, 2.75) is 6.92 Å². The van der Waals surface area contributed by atoms with Gasteiger partial charge in [0.15, 0.2) is 0 Å². The van der Waals surface area contributed by atoms with Crippen molar-refractivity contribution in [3.05, 3.63) is 78.9 Å². The molecule has 7 heteroatoms. The number of benzene rings is 3. The summed E-state index contributed by atoms with van der Waals surface area (Å²) in [6.45, 7) is 2.24. The van der Waals surface area contributed by atoms with Gasteiger partial charge < -0.3 is 25.4 Å². The lowest BCUT2D eigenvalue weighted by Gasteiger charge is -2.14. The number of nitrogens with one attached hydrogen (secondary N) is 3. The summed E-state index contributed by atoms with van der Waals surface area (Å²) < 4.78 is 11.4. The van der Waals surface area contributed by atoms with Crippen LogP contribution in [0.15, 0.2) is 78.9 Å². The third-order valence-electron chi connectivity index (χ3n) is 4.15. The lowest BCUT2D eigenvalue weighted by Crippen LogP contribution is -2.22. The number of hydrogen-bond acceptors (Lipinski definition) is 5. The van der Waals surface area contributed by atoms with E-state index in [2.05, 4.69) is 16.0 Å². The molecule has 0 aliphatic carbocycles. The van der Waals surface area contributed by atoms with E-state index >= 15 is 0 Å². The van der Waals surface area contributed by atoms with Gasteiger partial charge in [0.25, 0.3) is 0 Å². The Labute approximate surface area is 181 Å². The topological polar surface area (TPSA) is 88.7 Å². The second kappa shape index (κ2) is 11.3. The van der Waals surface area contributed by atoms with E-state index in [0.29, 0.717) is 30.3 Å². The molecule has 7 nitrogen and oxygen atoms in total. The Morgan fingerprint density at radius 2 is 1.48 bits per heavy atom. The molecule has 0 saturated carbocycles. The summed E-state index contributed by atoms with van der Waals surface area (Å²) in [4.78, 5) is 23.6. The van der Waals surface area contributed by atoms with Gasteiger partial charge in [0.1, 0.15) is 24.7 Å². The first kappa shape index (κ1) is 21.7. The maximum absolute atomic E-state index is 12.4. The number of amides is 2. The summed E-state index contributed by atoms with van der Waals surface area (Å²) >= 11 is 0. The highest BCUT2D eigenvalue weighted by molar-refractivity contribution is 5.95. The van der Waals surface area contributed by atoms with E-state index in [0.717, 1.165) is 11.4 Å². The lowest BCUT2D eigenvalue weighted by molar-refractivity contribution is -0.115. The smallest absolute Gasteiger partial charge is 0.243 e. The molecule has 0 aromatic heterocycles. The summed E-state index contributed by atoms with van der Waals surface area (Å²) in [5.74, 6) is 0.976. The first-order valence-corrected chi connectivity index (χ1v) is 9.91. The van der Waals surface area contributed by atoms with Crippen molar-refractivity contribution in [1.29, 1.82) is 0 Å². The highest BCUT2D eigenvalue weighted by atomic mass is 16.5. The molecule has 0 saturated heterocycles. The molecule has 31 heavy (non-hydrogen) atoms. The van der Waals surface area contributed by atoms with Gasteiger partial charge in [-0.1, -0.05) is 36.4 Å². The average Bonchev–Trinajstić information content (AvgIpc) is 2.77. The van der Waals surface area contributed by atoms with E-state index in [4.69, 9.17) is 9.47 Å². The highest BCUT2D eigenvalue weighted by Gasteiger charge is 2.08. The Bertz CT molecular complexity index is 1010. The number of anilines is 3. The summed E-state index contributed by atoms with van der Waals surface area (Å²) in [5, 5.41) is 8.60. The van der Waals surface area contributed by atoms with E-state index in [1.807, 2.05) is 48.5 Å². The molecule has 0 heterocycles. The van der Waals surface area contributed by atoms with Crippen LogP contribution in [0.1, 0.15) is 6.92 Å². The molecule has 3 aromatic rings. The van der Waals surface area contributed by atoms with Gasteiger partial charge in [0, 0.05) is 18.3 Å². The maximum atomic E-state index is 12.4. The summed E-state index contributed by atoms with van der Waals surface area (Å²) in [6.07, 6.45) is 0. The molecule has 0 spiro atoms. The minimum absolute atomic E-state index is 0.0645. The third kappa shape index (κ3) is 7.40. The van der Waals surface area contributed by atoms with Gasteiger partial charge in [-0.2, -0.15) is 0 Å². The number of carbonyl (C=O) groups is 2. The molecule has 2 amide bonds. The molecule has 0 radical (unpaired) electrons. The van der Waals surface area contributed by atoms with Crippen LogP contribution in [0.3, 0.4) is 0 Å². The number of hydrogen-bond donors (Lipinski definition) is 3. The second-order valence-corrected chi connectivity index (χ2v) is 6.67. The van der Waals surface area contributed by atoms with Crippen LogP contribution in [-0.4, -0.2) is 31.6 Å². The van der Waals surface area contributed by atoms with Crippen LogP contribution < -0.4 is 25.4 Å². The quantitative estimate of drug-likeness (QED) is 0.430. The van der Waals surface area contributed by atoms with Crippen molar-refractivity contribution < 1.29 is 19.1 Å². The molecule has 3 aromatic carbocycles. The van der Waals surface area contributed by atoms with Crippen LogP contribution in [0.5, 0.6) is 11.5 Å². The van der Waals surface area contributed by atoms with Crippen LogP contribution in [-0.2, 0) is 9.59 Å². The molecule has 0 aliphatic heterocycles. The fourth-order valence-corrected chi connectivity index (χ4v) is 2.81. The van der Waals surface area contributed by atoms with E-state index in [1.54, 1.807) is 30.3 Å². The predicted octanol–water partition coefficient (Wildman–Crippen LogP) is 4.15. The van der Waals surface area contributed by atoms with E-state index in [-0.39, 0.29) is 18.4 Å². The Morgan fingerprint density at radius 1 is 0.774 bits per heavy atom. The van der Waals surface area contributed by atoms with Crippen LogP contribution >= 0.6 is 0 Å². The normalized spacial score (nSPS) is 10.1. The SMILES string of the molecule is CC(=O)Nc1cccc(NCC(=O)Nc2ccccc2OCCOc2ccccc2)c1. The van der Waals surface area contributed by atoms with Crippen molar-refractivity contribution in [1.82, 2.24) is 0 Å². The molecule has 3 N–H and O–H groups in total. The summed E-state index contributed by atoms with van der Waals surface area (Å²) in [5.41, 5.74) is 1.97. The number of ether oxygens (including phenoxy) is 2. The molecule has 0 aliphatic rings. The van der Waals surface area contributed by atoms with E-state index in [9.17, 15) is 9.59 Å². The molecule has 0 atom stereocenters. The van der Waals surface area contributed by atoms with Gasteiger partial charge in [-0.15, -0.1) is 0 Å². The number of carbonyl (C=O) groups excluding carboxylic acids is 2. The summed E-state index contributed by atoms with van der Waals surface area (Å²) in [7, 11) is 0. The second-order valence-electron chi connectivity index (χ2n) is 6.67. The van der Waals surface area contributed by atoms with Crippen LogP contribution in [0, 0.1) is 0 Å². The molecular formula is C24H25N3O4. The van der Waals surface area contributed by atoms with E-state index < -0.39 is 0 Å². The zero-order valence-corrected chi connectivity index (χ0v) is 17.3. The van der Waals surface area contributed by atoms with Gasteiger partial charge in [-0.25, -0.2) is 0 Å². The van der Waals surface area contributed by atoms with Gasteiger partial charge in [-0.3, -0.25) is 9.59 Å². The zero-order valence-electron chi connectivity index (χ0n) is 17.3. The van der Waals surface area contributed by atoms with Crippen molar-refractivity contribution in [2.24, 2.45) is 0 Å². The van der Waals surface area contributed by atoms with Gasteiger partial charge in [-0.05, 0) is 42.5 Å². The van der Waals surface area contributed by atoms with Crippen LogP contribution in [0.4, 0.5) is 17.1 Å². The molecule has 3 rings (SSSR count). The Balaban J connectivity index is 1.48. The monoisotopic (exact) mass is 419 g/mol. The molecule has 0 fully saturated rings. The van der Waals surface area contributed by atoms with Crippen LogP contribution in [0.25, 0.3) is 0 Å². The predicted molar refractivity (Wildman–Crippen MR) is 122 cm³/mol. The van der Waals surface area contributed by atoms with Crippen molar-refractivity contribution in [3.8, 4) is 11.5 Å². The average molecular weight is 419 g/mol. The van der Waals surface area contributed by atoms with Gasteiger partial charge in [0.05, 0.1) is 12.2 Å². The summed E-state index contributed by atoms with van der Waals surface area (Å²) in [6, 6.07) is 23.9. The Hall–Kier alpha value is -4.00. The van der Waals surface area contributed by atoms with Crippen LogP contribution in [0.2, 0.25) is 0 Å². The fraction of sp³-hybridized carbons (Fsp3) is 0.167. The minimum Gasteiger partial charge on any atom is -0.490 e. The molecule has 160 valence electrons. The number of rotatable bonds is 10. The molecule has 0 bridgehead atoms. The number of para-hydroxylation sites is 3. The van der Waals surface area contributed by atoms with Crippen molar-refractivity contribution >= 4 is 28.9 Å². The Morgan fingerprint density at radius 3 is 2.29 bits per heavy atom. The van der Waals surface area contributed by atoms with Crippen molar-refractivity contribution in [3.63, 3.8) is 0 Å². The van der Waals surface area contributed by atoms with E-state index in [1.165, 1.54) is 6.92 Å². The maximum Gasteiger partial charge on any atom is 0.243 e. The van der Waals surface area contributed by atoms with Gasteiger partial charge >= 0.3 is 0 Å². The fourth-order valence-electron chi connectivity index (χ4n) is 2.81. The van der Waals surface area contributed by atoms with Gasteiger partial charge in [0.2, 0.25) is 11.8 Å². The lowest BCUT2D eigenvalue weighted by atomic mass is 10.2. The molecular weight excluding hydrogens is 394 g/mol. The zero-order chi connectivity index (χ0) is 21.9. The van der Waals surface area contributed by atoms with Crippen molar-refractivity contribution in [2.75, 3.05) is 35.7 Å². The first-order chi connectivity index (χ1) is 15.1. The Kier molecular flexibility index (Phi) is 7.88.